The Balaban J connectivity index is 1.86. The monoisotopic (exact) mass is 267 g/mol. The molecule has 0 aromatic heterocycles. The van der Waals surface area contributed by atoms with Crippen LogP contribution in [0, 0.1) is 11.8 Å². The van der Waals surface area contributed by atoms with Crippen molar-refractivity contribution in [2.75, 3.05) is 32.7 Å². The number of rotatable bonds is 3. The van der Waals surface area contributed by atoms with Crippen LogP contribution in [0.4, 0.5) is 0 Å². The summed E-state index contributed by atoms with van der Waals surface area (Å²) in [5.41, 5.74) is 6.04. The molecule has 3 atom stereocenters. The maximum Gasteiger partial charge on any atom is 0.226 e. The first-order chi connectivity index (χ1) is 9.11. The van der Waals surface area contributed by atoms with E-state index in [1.54, 1.807) is 0 Å². The summed E-state index contributed by atoms with van der Waals surface area (Å²) >= 11 is 0. The van der Waals surface area contributed by atoms with Crippen molar-refractivity contribution in [3.63, 3.8) is 0 Å². The van der Waals surface area contributed by atoms with Crippen LogP contribution in [-0.4, -0.2) is 54.5 Å². The Morgan fingerprint density at radius 3 is 2.53 bits per heavy atom. The number of carbonyl (C=O) groups is 1. The first-order valence-corrected chi connectivity index (χ1v) is 7.88. The van der Waals surface area contributed by atoms with Gasteiger partial charge in [-0.15, -0.1) is 0 Å². The molecule has 1 heterocycles. The summed E-state index contributed by atoms with van der Waals surface area (Å²) in [7, 11) is 0. The molecule has 1 saturated carbocycles. The molecule has 2 aliphatic rings. The SMILES string of the molecule is CCCN1CCN(C(=O)C2CC(N)CCC2C)CC1. The third-order valence-electron chi connectivity index (χ3n) is 4.78. The maximum absolute atomic E-state index is 12.6. The Kier molecular flexibility index (Phi) is 5.22. The standard InChI is InChI=1S/C15H29N3O/c1-3-6-17-7-9-18(10-8-17)15(19)14-11-13(16)5-4-12(14)2/h12-14H,3-11,16H2,1-2H3. The predicted octanol–water partition coefficient (Wildman–Crippen LogP) is 1.30. The molecule has 1 amide bonds. The highest BCUT2D eigenvalue weighted by atomic mass is 16.2. The molecule has 0 spiro atoms. The lowest BCUT2D eigenvalue weighted by molar-refractivity contribution is -0.140. The van der Waals surface area contributed by atoms with Gasteiger partial charge in [0.25, 0.3) is 0 Å². The lowest BCUT2D eigenvalue weighted by Crippen LogP contribution is -2.52. The normalized spacial score (nSPS) is 33.4. The van der Waals surface area contributed by atoms with Crippen molar-refractivity contribution in [2.45, 2.75) is 45.6 Å². The molecule has 3 unspecified atom stereocenters. The smallest absolute Gasteiger partial charge is 0.226 e. The van der Waals surface area contributed by atoms with Gasteiger partial charge in [0.15, 0.2) is 0 Å². The molecule has 4 heteroatoms. The van der Waals surface area contributed by atoms with Gasteiger partial charge >= 0.3 is 0 Å². The zero-order valence-electron chi connectivity index (χ0n) is 12.5. The quantitative estimate of drug-likeness (QED) is 0.838. The Labute approximate surface area is 117 Å². The predicted molar refractivity (Wildman–Crippen MR) is 77.8 cm³/mol. The third kappa shape index (κ3) is 3.69. The summed E-state index contributed by atoms with van der Waals surface area (Å²) in [6.45, 7) is 9.45. The van der Waals surface area contributed by atoms with Gasteiger partial charge in [-0.1, -0.05) is 13.8 Å². The Hall–Kier alpha value is -0.610. The highest BCUT2D eigenvalue weighted by Crippen LogP contribution is 2.30. The van der Waals surface area contributed by atoms with E-state index in [0.717, 1.165) is 52.0 Å². The number of hydrogen-bond donors (Lipinski definition) is 1. The summed E-state index contributed by atoms with van der Waals surface area (Å²) in [5, 5.41) is 0. The first kappa shape index (κ1) is 14.8. The van der Waals surface area contributed by atoms with Crippen molar-refractivity contribution in [1.29, 1.82) is 0 Å². The summed E-state index contributed by atoms with van der Waals surface area (Å²) in [4.78, 5) is 17.2. The van der Waals surface area contributed by atoms with Crippen molar-refractivity contribution in [3.05, 3.63) is 0 Å². The van der Waals surface area contributed by atoms with E-state index in [1.807, 2.05) is 0 Å². The van der Waals surface area contributed by atoms with Crippen LogP contribution in [0.5, 0.6) is 0 Å². The van der Waals surface area contributed by atoms with Crippen LogP contribution in [0.2, 0.25) is 0 Å². The minimum atomic E-state index is 0.168. The van der Waals surface area contributed by atoms with E-state index < -0.39 is 0 Å². The molecule has 0 aromatic carbocycles. The van der Waals surface area contributed by atoms with Gasteiger partial charge in [-0.2, -0.15) is 0 Å². The van der Waals surface area contributed by atoms with E-state index in [4.69, 9.17) is 5.73 Å². The molecule has 1 aliphatic heterocycles. The fraction of sp³-hybridized carbons (Fsp3) is 0.933. The van der Waals surface area contributed by atoms with Crippen LogP contribution in [0.15, 0.2) is 0 Å². The summed E-state index contributed by atoms with van der Waals surface area (Å²) < 4.78 is 0. The van der Waals surface area contributed by atoms with Crippen molar-refractivity contribution in [2.24, 2.45) is 17.6 Å². The molecule has 2 N–H and O–H groups in total. The number of amides is 1. The largest absolute Gasteiger partial charge is 0.340 e. The topological polar surface area (TPSA) is 49.6 Å². The van der Waals surface area contributed by atoms with Crippen molar-refractivity contribution in [1.82, 2.24) is 9.80 Å². The van der Waals surface area contributed by atoms with Crippen molar-refractivity contribution in [3.8, 4) is 0 Å². The van der Waals surface area contributed by atoms with E-state index in [2.05, 4.69) is 23.6 Å². The van der Waals surface area contributed by atoms with Gasteiger partial charge < -0.3 is 10.6 Å². The lowest BCUT2D eigenvalue weighted by Gasteiger charge is -2.39. The average Bonchev–Trinajstić information content (AvgIpc) is 2.42. The molecular formula is C15H29N3O. The van der Waals surface area contributed by atoms with Crippen LogP contribution < -0.4 is 5.73 Å². The molecule has 2 rings (SSSR count). The van der Waals surface area contributed by atoms with Crippen LogP contribution in [0.25, 0.3) is 0 Å². The minimum absolute atomic E-state index is 0.168. The lowest BCUT2D eigenvalue weighted by atomic mass is 9.77. The number of hydrogen-bond acceptors (Lipinski definition) is 3. The number of nitrogens with zero attached hydrogens (tertiary/aromatic N) is 2. The molecule has 0 radical (unpaired) electrons. The second-order valence-electron chi connectivity index (χ2n) is 6.32. The summed E-state index contributed by atoms with van der Waals surface area (Å²) in [6, 6.07) is 0.228. The Morgan fingerprint density at radius 2 is 1.89 bits per heavy atom. The fourth-order valence-electron chi connectivity index (χ4n) is 3.44. The van der Waals surface area contributed by atoms with Gasteiger partial charge in [-0.3, -0.25) is 9.69 Å². The summed E-state index contributed by atoms with van der Waals surface area (Å²) in [6.07, 6.45) is 4.26. The van der Waals surface area contributed by atoms with Gasteiger partial charge in [-0.25, -0.2) is 0 Å². The molecule has 19 heavy (non-hydrogen) atoms. The van der Waals surface area contributed by atoms with Gasteiger partial charge in [0, 0.05) is 38.1 Å². The maximum atomic E-state index is 12.6. The van der Waals surface area contributed by atoms with E-state index in [0.29, 0.717) is 11.8 Å². The fourth-order valence-corrected chi connectivity index (χ4v) is 3.44. The zero-order chi connectivity index (χ0) is 13.8. The molecule has 0 aromatic rings. The highest BCUT2D eigenvalue weighted by molar-refractivity contribution is 5.79. The molecular weight excluding hydrogens is 238 g/mol. The molecule has 1 aliphatic carbocycles. The Morgan fingerprint density at radius 1 is 1.21 bits per heavy atom. The second kappa shape index (κ2) is 6.71. The van der Waals surface area contributed by atoms with Crippen molar-refractivity contribution >= 4 is 5.91 Å². The average molecular weight is 267 g/mol. The first-order valence-electron chi connectivity index (χ1n) is 7.88. The van der Waals surface area contributed by atoms with E-state index >= 15 is 0 Å². The van der Waals surface area contributed by atoms with E-state index in [-0.39, 0.29) is 12.0 Å². The van der Waals surface area contributed by atoms with Gasteiger partial charge in [0.05, 0.1) is 0 Å². The van der Waals surface area contributed by atoms with Gasteiger partial charge in [0.2, 0.25) is 5.91 Å². The molecule has 2 fully saturated rings. The zero-order valence-corrected chi connectivity index (χ0v) is 12.5. The molecule has 4 nitrogen and oxygen atoms in total. The van der Waals surface area contributed by atoms with Crippen LogP contribution in [0.3, 0.4) is 0 Å². The molecule has 1 saturated heterocycles. The van der Waals surface area contributed by atoms with E-state index in [1.165, 1.54) is 6.42 Å². The van der Waals surface area contributed by atoms with Crippen molar-refractivity contribution < 1.29 is 4.79 Å². The number of nitrogens with two attached hydrogens (primary N) is 1. The van der Waals surface area contributed by atoms with Gasteiger partial charge in [-0.05, 0) is 38.1 Å². The third-order valence-corrected chi connectivity index (χ3v) is 4.78. The van der Waals surface area contributed by atoms with Gasteiger partial charge in [0.1, 0.15) is 0 Å². The van der Waals surface area contributed by atoms with E-state index in [9.17, 15) is 4.79 Å². The van der Waals surface area contributed by atoms with Crippen LogP contribution in [-0.2, 0) is 4.79 Å². The highest BCUT2D eigenvalue weighted by Gasteiger charge is 2.34. The number of carbonyl (C=O) groups excluding carboxylic acids is 1. The second-order valence-corrected chi connectivity index (χ2v) is 6.32. The van der Waals surface area contributed by atoms with Crippen LogP contribution in [0.1, 0.15) is 39.5 Å². The molecule has 0 bridgehead atoms. The minimum Gasteiger partial charge on any atom is -0.340 e. The number of piperazine rings is 1. The van der Waals surface area contributed by atoms with Crippen LogP contribution >= 0.6 is 0 Å². The Bertz CT molecular complexity index is 300. The summed E-state index contributed by atoms with van der Waals surface area (Å²) in [5.74, 6) is 1.03. The molecule has 110 valence electrons.